The van der Waals surface area contributed by atoms with E-state index in [-0.39, 0.29) is 53.0 Å². The van der Waals surface area contributed by atoms with Crippen molar-refractivity contribution in [2.24, 2.45) is 0 Å². The molecule has 1 rings (SSSR count). The zero-order valence-electron chi connectivity index (χ0n) is 8.25. The molecule has 0 spiro atoms. The SMILES string of the molecule is O=P([O-])(O)CCc1cccc(O)c1O.[Na+]. The van der Waals surface area contributed by atoms with Gasteiger partial charge in [-0.05, 0) is 18.1 Å². The number of aromatic hydroxyl groups is 2. The maximum atomic E-state index is 10.4. The molecule has 0 fully saturated rings. The van der Waals surface area contributed by atoms with Crippen molar-refractivity contribution in [1.29, 1.82) is 0 Å². The van der Waals surface area contributed by atoms with Gasteiger partial charge in [0.2, 0.25) is 0 Å². The van der Waals surface area contributed by atoms with Crippen LogP contribution < -0.4 is 34.5 Å². The molecule has 0 saturated heterocycles. The molecular formula is C8H10NaO5P. The molecular weight excluding hydrogens is 230 g/mol. The molecule has 78 valence electrons. The number of benzene rings is 1. The summed E-state index contributed by atoms with van der Waals surface area (Å²) in [4.78, 5) is 18.9. The van der Waals surface area contributed by atoms with E-state index >= 15 is 0 Å². The fourth-order valence-electron chi connectivity index (χ4n) is 1.04. The molecule has 1 aromatic carbocycles. The van der Waals surface area contributed by atoms with Crippen LogP contribution in [0, 0.1) is 0 Å². The van der Waals surface area contributed by atoms with Gasteiger partial charge >= 0.3 is 29.6 Å². The number of phenols is 2. The average molecular weight is 240 g/mol. The van der Waals surface area contributed by atoms with Crippen LogP contribution in [0.25, 0.3) is 0 Å². The Hall–Kier alpha value is -0.0300. The molecule has 0 bridgehead atoms. The number of aryl methyl sites for hydroxylation is 1. The molecule has 15 heavy (non-hydrogen) atoms. The van der Waals surface area contributed by atoms with Gasteiger partial charge in [-0.25, -0.2) is 0 Å². The summed E-state index contributed by atoms with van der Waals surface area (Å²) in [6, 6.07) is 4.25. The van der Waals surface area contributed by atoms with E-state index in [1.807, 2.05) is 0 Å². The van der Waals surface area contributed by atoms with Gasteiger partial charge in [-0.1, -0.05) is 12.1 Å². The standard InChI is InChI=1S/C8H11O5P.Na/c9-7-3-1-2-6(8(7)10)4-5-14(11,12)13;/h1-3,9-10H,4-5H2,(H2,11,12,13);/q;+1/p-1. The van der Waals surface area contributed by atoms with Crippen molar-refractivity contribution in [3.63, 3.8) is 0 Å². The molecule has 1 atom stereocenters. The Kier molecular flexibility index (Phi) is 5.88. The molecule has 0 heterocycles. The van der Waals surface area contributed by atoms with Gasteiger partial charge in [-0.3, -0.25) is 0 Å². The summed E-state index contributed by atoms with van der Waals surface area (Å²) in [6.07, 6.45) is -0.485. The Morgan fingerprint density at radius 2 is 1.93 bits per heavy atom. The average Bonchev–Trinajstić information content (AvgIpc) is 2.06. The van der Waals surface area contributed by atoms with Crippen molar-refractivity contribution in [2.45, 2.75) is 6.42 Å². The summed E-state index contributed by atoms with van der Waals surface area (Å²) in [5.41, 5.74) is 0.287. The van der Waals surface area contributed by atoms with Gasteiger partial charge < -0.3 is 24.6 Å². The Morgan fingerprint density at radius 3 is 2.47 bits per heavy atom. The van der Waals surface area contributed by atoms with Crippen LogP contribution in [0.1, 0.15) is 5.56 Å². The summed E-state index contributed by atoms with van der Waals surface area (Å²) in [5, 5.41) is 18.3. The van der Waals surface area contributed by atoms with Crippen LogP contribution in [-0.2, 0) is 11.0 Å². The molecule has 1 unspecified atom stereocenters. The molecule has 3 N–H and O–H groups in total. The van der Waals surface area contributed by atoms with Crippen LogP contribution in [-0.4, -0.2) is 21.3 Å². The van der Waals surface area contributed by atoms with Crippen LogP contribution >= 0.6 is 7.60 Å². The van der Waals surface area contributed by atoms with Gasteiger partial charge in [0.25, 0.3) is 0 Å². The number of hydrogen-bond donors (Lipinski definition) is 3. The maximum absolute atomic E-state index is 10.4. The molecule has 0 aromatic heterocycles. The predicted octanol–water partition coefficient (Wildman–Crippen LogP) is -2.81. The van der Waals surface area contributed by atoms with Gasteiger partial charge in [0, 0.05) is 6.16 Å². The molecule has 0 radical (unpaired) electrons. The monoisotopic (exact) mass is 240 g/mol. The van der Waals surface area contributed by atoms with Gasteiger partial charge in [0.1, 0.15) is 7.60 Å². The smallest absolute Gasteiger partial charge is 0.779 e. The van der Waals surface area contributed by atoms with Crippen molar-refractivity contribution in [1.82, 2.24) is 0 Å². The van der Waals surface area contributed by atoms with E-state index < -0.39 is 13.8 Å². The van der Waals surface area contributed by atoms with Crippen molar-refractivity contribution in [3.8, 4) is 11.5 Å². The minimum atomic E-state index is -4.31. The Bertz CT molecular complexity index is 375. The largest absolute Gasteiger partial charge is 1.00 e. The molecule has 0 aliphatic rings. The predicted molar refractivity (Wildman–Crippen MR) is 48.2 cm³/mol. The van der Waals surface area contributed by atoms with E-state index in [9.17, 15) is 14.6 Å². The molecule has 7 heteroatoms. The van der Waals surface area contributed by atoms with Crippen LogP contribution in [0.3, 0.4) is 0 Å². The van der Waals surface area contributed by atoms with Crippen LogP contribution in [0.15, 0.2) is 18.2 Å². The summed E-state index contributed by atoms with van der Waals surface area (Å²) in [5.74, 6) is -0.651. The van der Waals surface area contributed by atoms with E-state index in [0.717, 1.165) is 0 Å². The summed E-state index contributed by atoms with van der Waals surface area (Å²) in [6.45, 7) is 0. The second-order valence-corrected chi connectivity index (χ2v) is 4.62. The summed E-state index contributed by atoms with van der Waals surface area (Å²) < 4.78 is 10.4. The van der Waals surface area contributed by atoms with Crippen molar-refractivity contribution < 1.29 is 54.1 Å². The van der Waals surface area contributed by atoms with Crippen LogP contribution in [0.2, 0.25) is 0 Å². The molecule has 0 aliphatic heterocycles. The second kappa shape index (κ2) is 5.89. The third kappa shape index (κ3) is 5.02. The Morgan fingerprint density at radius 1 is 1.33 bits per heavy atom. The topological polar surface area (TPSA) is 101 Å². The first-order chi connectivity index (χ1) is 6.40. The van der Waals surface area contributed by atoms with Gasteiger partial charge in [-0.2, -0.15) is 0 Å². The van der Waals surface area contributed by atoms with Gasteiger partial charge in [0.05, 0.1) is 0 Å². The van der Waals surface area contributed by atoms with E-state index in [4.69, 9.17) is 10.00 Å². The van der Waals surface area contributed by atoms with Crippen LogP contribution in [0.5, 0.6) is 11.5 Å². The second-order valence-electron chi connectivity index (χ2n) is 2.90. The normalized spacial score (nSPS) is 14.0. The van der Waals surface area contributed by atoms with E-state index in [1.165, 1.54) is 18.2 Å². The quantitative estimate of drug-likeness (QED) is 0.301. The van der Waals surface area contributed by atoms with Crippen molar-refractivity contribution >= 4 is 7.60 Å². The third-order valence-electron chi connectivity index (χ3n) is 1.76. The fraction of sp³-hybridized carbons (Fsp3) is 0.250. The van der Waals surface area contributed by atoms with Gasteiger partial charge in [0.15, 0.2) is 11.5 Å². The molecule has 1 aromatic rings. The van der Waals surface area contributed by atoms with Crippen LogP contribution in [0.4, 0.5) is 0 Å². The molecule has 0 aliphatic carbocycles. The number of hydrogen-bond acceptors (Lipinski definition) is 4. The zero-order chi connectivity index (χ0) is 10.8. The summed E-state index contributed by atoms with van der Waals surface area (Å²) >= 11 is 0. The van der Waals surface area contributed by atoms with Crippen molar-refractivity contribution in [2.75, 3.05) is 6.16 Å². The molecule has 0 saturated carbocycles. The van der Waals surface area contributed by atoms with E-state index in [1.54, 1.807) is 0 Å². The summed E-state index contributed by atoms with van der Waals surface area (Å²) in [7, 11) is -4.31. The first-order valence-corrected chi connectivity index (χ1v) is 5.69. The first-order valence-electron chi connectivity index (χ1n) is 3.93. The van der Waals surface area contributed by atoms with Crippen molar-refractivity contribution in [3.05, 3.63) is 23.8 Å². The van der Waals surface area contributed by atoms with Gasteiger partial charge in [-0.15, -0.1) is 0 Å². The molecule has 0 amide bonds. The molecule has 5 nitrogen and oxygen atoms in total. The fourth-order valence-corrected chi connectivity index (χ4v) is 1.56. The minimum Gasteiger partial charge on any atom is -0.779 e. The van der Waals surface area contributed by atoms with E-state index in [0.29, 0.717) is 0 Å². The van der Waals surface area contributed by atoms with E-state index in [2.05, 4.69) is 0 Å². The maximum Gasteiger partial charge on any atom is 1.00 e. The number of para-hydroxylation sites is 1. The third-order valence-corrected chi connectivity index (χ3v) is 2.55. The Balaban J connectivity index is 0.00000196. The minimum absolute atomic E-state index is 0. The first kappa shape index (κ1) is 15.0. The number of phenolic OH excluding ortho intramolecular Hbond substituents is 2. The number of rotatable bonds is 3. The Labute approximate surface area is 109 Å². The zero-order valence-corrected chi connectivity index (χ0v) is 11.1.